The van der Waals surface area contributed by atoms with Gasteiger partial charge in [-0.3, -0.25) is 0 Å². The number of piperidine rings is 1. The molecule has 0 bridgehead atoms. The molecule has 1 fully saturated rings. The molecular weight excluding hydrogens is 266 g/mol. The van der Waals surface area contributed by atoms with Gasteiger partial charge in [0.25, 0.3) is 0 Å². The van der Waals surface area contributed by atoms with Crippen molar-refractivity contribution in [2.45, 2.75) is 65.7 Å². The molecule has 1 saturated heterocycles. The van der Waals surface area contributed by atoms with E-state index in [4.69, 9.17) is 0 Å². The molecule has 1 heteroatoms. The third kappa shape index (κ3) is 4.59. The molecule has 0 saturated carbocycles. The molecule has 0 radical (unpaired) electrons. The highest BCUT2D eigenvalue weighted by molar-refractivity contribution is 5.29. The summed E-state index contributed by atoms with van der Waals surface area (Å²) in [6.07, 6.45) is 2.79. The van der Waals surface area contributed by atoms with E-state index in [-0.39, 0.29) is 5.41 Å². The van der Waals surface area contributed by atoms with Crippen LogP contribution in [0.25, 0.3) is 0 Å². The van der Waals surface area contributed by atoms with Crippen LogP contribution in [0.4, 0.5) is 0 Å². The Morgan fingerprint density at radius 3 is 2.32 bits per heavy atom. The van der Waals surface area contributed by atoms with Crippen molar-refractivity contribution in [3.05, 3.63) is 35.4 Å². The van der Waals surface area contributed by atoms with Gasteiger partial charge in [-0.15, -0.1) is 0 Å². The molecule has 0 spiro atoms. The first kappa shape index (κ1) is 17.5. The van der Waals surface area contributed by atoms with Gasteiger partial charge < -0.3 is 4.90 Å². The fourth-order valence-corrected chi connectivity index (χ4v) is 3.63. The van der Waals surface area contributed by atoms with Crippen molar-refractivity contribution in [2.24, 2.45) is 11.8 Å². The van der Waals surface area contributed by atoms with E-state index in [1.54, 1.807) is 0 Å². The van der Waals surface area contributed by atoms with E-state index in [9.17, 15) is 0 Å². The lowest BCUT2D eigenvalue weighted by molar-refractivity contribution is 0.156. The number of nitrogens with zero attached hydrogens (tertiary/aromatic N) is 1. The maximum Gasteiger partial charge on any atom is 0.00129 e. The Morgan fingerprint density at radius 2 is 1.77 bits per heavy atom. The summed E-state index contributed by atoms with van der Waals surface area (Å²) in [5.74, 6) is 2.22. The molecule has 1 heterocycles. The SMILES string of the molecule is CC1CCCN(CC(C)C(C)c2ccc(C(C)(C)C)cc2)C1. The molecule has 1 aromatic carbocycles. The van der Waals surface area contributed by atoms with Crippen molar-refractivity contribution in [2.75, 3.05) is 19.6 Å². The maximum atomic E-state index is 2.68. The topological polar surface area (TPSA) is 3.24 Å². The van der Waals surface area contributed by atoms with Crippen LogP contribution in [0.5, 0.6) is 0 Å². The van der Waals surface area contributed by atoms with Crippen LogP contribution < -0.4 is 0 Å². The largest absolute Gasteiger partial charge is 0.303 e. The monoisotopic (exact) mass is 301 g/mol. The van der Waals surface area contributed by atoms with Crippen molar-refractivity contribution in [1.29, 1.82) is 0 Å². The molecule has 3 atom stereocenters. The van der Waals surface area contributed by atoms with Gasteiger partial charge in [-0.25, -0.2) is 0 Å². The van der Waals surface area contributed by atoms with E-state index in [1.807, 2.05) is 0 Å². The normalized spacial score (nSPS) is 23.3. The van der Waals surface area contributed by atoms with E-state index >= 15 is 0 Å². The highest BCUT2D eigenvalue weighted by Gasteiger charge is 2.22. The number of hydrogen-bond acceptors (Lipinski definition) is 1. The second kappa shape index (κ2) is 7.17. The highest BCUT2D eigenvalue weighted by atomic mass is 15.1. The molecule has 0 N–H and O–H groups in total. The average Bonchev–Trinajstić information content (AvgIpc) is 2.45. The minimum atomic E-state index is 0.247. The van der Waals surface area contributed by atoms with Crippen LogP contribution >= 0.6 is 0 Å². The molecule has 0 amide bonds. The van der Waals surface area contributed by atoms with Gasteiger partial charge in [-0.2, -0.15) is 0 Å². The zero-order chi connectivity index (χ0) is 16.3. The highest BCUT2D eigenvalue weighted by Crippen LogP contribution is 2.29. The maximum absolute atomic E-state index is 2.68. The van der Waals surface area contributed by atoms with Gasteiger partial charge in [-0.1, -0.05) is 65.8 Å². The number of likely N-dealkylation sites (tertiary alicyclic amines) is 1. The zero-order valence-electron chi connectivity index (χ0n) is 15.5. The molecule has 124 valence electrons. The summed E-state index contributed by atoms with van der Waals surface area (Å²) < 4.78 is 0. The lowest BCUT2D eigenvalue weighted by Crippen LogP contribution is -2.38. The van der Waals surface area contributed by atoms with Crippen LogP contribution in [-0.2, 0) is 5.41 Å². The summed E-state index contributed by atoms with van der Waals surface area (Å²) in [5.41, 5.74) is 3.17. The Kier molecular flexibility index (Phi) is 5.71. The van der Waals surface area contributed by atoms with Gasteiger partial charge in [0.1, 0.15) is 0 Å². The van der Waals surface area contributed by atoms with E-state index in [1.165, 1.54) is 43.6 Å². The molecule has 3 unspecified atom stereocenters. The third-order valence-corrected chi connectivity index (χ3v) is 5.44. The summed E-state index contributed by atoms with van der Waals surface area (Å²) in [7, 11) is 0. The van der Waals surface area contributed by atoms with Gasteiger partial charge in [0.15, 0.2) is 0 Å². The first-order chi connectivity index (χ1) is 10.3. The van der Waals surface area contributed by atoms with Crippen molar-refractivity contribution in [3.8, 4) is 0 Å². The summed E-state index contributed by atoms with van der Waals surface area (Å²) in [6.45, 7) is 17.9. The van der Waals surface area contributed by atoms with Crippen molar-refractivity contribution in [3.63, 3.8) is 0 Å². The minimum Gasteiger partial charge on any atom is -0.303 e. The predicted molar refractivity (Wildman–Crippen MR) is 97.6 cm³/mol. The molecule has 0 aromatic heterocycles. The molecule has 2 rings (SSSR count). The van der Waals surface area contributed by atoms with Crippen LogP contribution in [0.3, 0.4) is 0 Å². The Labute approximate surface area is 138 Å². The molecule has 1 aromatic rings. The van der Waals surface area contributed by atoms with E-state index in [0.717, 1.165) is 5.92 Å². The van der Waals surface area contributed by atoms with Gasteiger partial charge in [0.05, 0.1) is 0 Å². The molecular formula is C21H35N. The van der Waals surface area contributed by atoms with E-state index in [0.29, 0.717) is 11.8 Å². The first-order valence-corrected chi connectivity index (χ1v) is 9.10. The number of benzene rings is 1. The lowest BCUT2D eigenvalue weighted by Gasteiger charge is -2.34. The predicted octanol–water partition coefficient (Wildman–Crippen LogP) is 5.46. The number of hydrogen-bond donors (Lipinski definition) is 0. The molecule has 1 aliphatic heterocycles. The van der Waals surface area contributed by atoms with Crippen molar-refractivity contribution < 1.29 is 0 Å². The Hall–Kier alpha value is -0.820. The smallest absolute Gasteiger partial charge is 0.00129 e. The molecule has 22 heavy (non-hydrogen) atoms. The van der Waals surface area contributed by atoms with Crippen molar-refractivity contribution in [1.82, 2.24) is 4.90 Å². The second-order valence-electron chi connectivity index (χ2n) is 8.64. The van der Waals surface area contributed by atoms with Crippen LogP contribution in [0.1, 0.15) is 71.4 Å². The summed E-state index contributed by atoms with van der Waals surface area (Å²) >= 11 is 0. The standard InChI is InChI=1S/C21H35N/c1-16-8-7-13-22(14-16)15-17(2)18(3)19-9-11-20(12-10-19)21(4,5)6/h9-12,16-18H,7-8,13-15H2,1-6H3. The number of rotatable bonds is 4. The molecule has 1 aliphatic rings. The zero-order valence-corrected chi connectivity index (χ0v) is 15.5. The Morgan fingerprint density at radius 1 is 1.14 bits per heavy atom. The van der Waals surface area contributed by atoms with E-state index in [2.05, 4.69) is 70.7 Å². The quantitative estimate of drug-likeness (QED) is 0.714. The van der Waals surface area contributed by atoms with Crippen LogP contribution in [-0.4, -0.2) is 24.5 Å². The van der Waals surface area contributed by atoms with E-state index < -0.39 is 0 Å². The van der Waals surface area contributed by atoms with Gasteiger partial charge in [0, 0.05) is 13.1 Å². The average molecular weight is 302 g/mol. The van der Waals surface area contributed by atoms with Crippen LogP contribution in [0.2, 0.25) is 0 Å². The molecule has 1 nitrogen and oxygen atoms in total. The summed E-state index contributed by atoms with van der Waals surface area (Å²) in [4.78, 5) is 2.68. The van der Waals surface area contributed by atoms with Gasteiger partial charge >= 0.3 is 0 Å². The Balaban J connectivity index is 1.96. The second-order valence-corrected chi connectivity index (χ2v) is 8.64. The Bertz CT molecular complexity index is 454. The van der Waals surface area contributed by atoms with Gasteiger partial charge in [0.2, 0.25) is 0 Å². The third-order valence-electron chi connectivity index (χ3n) is 5.44. The molecule has 0 aliphatic carbocycles. The lowest BCUT2D eigenvalue weighted by atomic mass is 9.83. The first-order valence-electron chi connectivity index (χ1n) is 9.10. The minimum absolute atomic E-state index is 0.247. The van der Waals surface area contributed by atoms with Crippen LogP contribution in [0, 0.1) is 11.8 Å². The summed E-state index contributed by atoms with van der Waals surface area (Å²) in [6, 6.07) is 9.34. The summed E-state index contributed by atoms with van der Waals surface area (Å²) in [5, 5.41) is 0. The van der Waals surface area contributed by atoms with Crippen molar-refractivity contribution >= 4 is 0 Å². The van der Waals surface area contributed by atoms with Crippen LogP contribution in [0.15, 0.2) is 24.3 Å². The van der Waals surface area contributed by atoms with Gasteiger partial charge in [-0.05, 0) is 53.7 Å². The fourth-order valence-electron chi connectivity index (χ4n) is 3.63. The fraction of sp³-hybridized carbons (Fsp3) is 0.714.